The van der Waals surface area contributed by atoms with Gasteiger partial charge in [-0.3, -0.25) is 9.36 Å². The fourth-order valence-electron chi connectivity index (χ4n) is 2.87. The molecule has 0 amide bonds. The molecule has 4 rings (SSSR count). The molecule has 4 aromatic rings. The number of aryl methyl sites for hydroxylation is 1. The maximum absolute atomic E-state index is 13.0. The van der Waals surface area contributed by atoms with Crippen LogP contribution in [0.5, 0.6) is 0 Å². The van der Waals surface area contributed by atoms with Crippen LogP contribution in [0.2, 0.25) is 0 Å². The summed E-state index contributed by atoms with van der Waals surface area (Å²) in [7, 11) is 0. The summed E-state index contributed by atoms with van der Waals surface area (Å²) in [6.45, 7) is 1.82. The Kier molecular flexibility index (Phi) is 2.56. The summed E-state index contributed by atoms with van der Waals surface area (Å²) < 4.78 is 1.64. The van der Waals surface area contributed by atoms with Crippen molar-refractivity contribution >= 4 is 33.5 Å². The number of imidazole rings is 1. The molecule has 0 saturated carbocycles. The lowest BCUT2D eigenvalue weighted by Crippen LogP contribution is -2.13. The lowest BCUT2D eigenvalue weighted by atomic mass is 10.1. The van der Waals surface area contributed by atoms with Gasteiger partial charge in [-0.2, -0.15) is 0 Å². The first-order valence-electron chi connectivity index (χ1n) is 7.00. The SMILES string of the molecule is Cc1nc2cc(N)ccc2n1C(=O)c1cccc2[nH]ccc12. The average Bonchev–Trinajstić information content (AvgIpc) is 3.09. The van der Waals surface area contributed by atoms with Crippen molar-refractivity contribution in [1.29, 1.82) is 0 Å². The molecule has 3 N–H and O–H groups in total. The summed E-state index contributed by atoms with van der Waals surface area (Å²) in [5.41, 5.74) is 9.52. The number of nitrogens with zero attached hydrogens (tertiary/aromatic N) is 2. The molecule has 108 valence electrons. The number of carbonyl (C=O) groups excluding carboxylic acids is 1. The van der Waals surface area contributed by atoms with E-state index in [1.165, 1.54) is 0 Å². The summed E-state index contributed by atoms with van der Waals surface area (Å²) in [6, 6.07) is 13.0. The van der Waals surface area contributed by atoms with Crippen LogP contribution in [0.4, 0.5) is 5.69 Å². The van der Waals surface area contributed by atoms with Gasteiger partial charge in [-0.05, 0) is 43.3 Å². The van der Waals surface area contributed by atoms with Crippen molar-refractivity contribution in [3.63, 3.8) is 0 Å². The van der Waals surface area contributed by atoms with E-state index in [2.05, 4.69) is 9.97 Å². The smallest absolute Gasteiger partial charge is 0.264 e. The maximum atomic E-state index is 13.0. The van der Waals surface area contributed by atoms with Gasteiger partial charge in [0.15, 0.2) is 0 Å². The quantitative estimate of drug-likeness (QED) is 0.529. The van der Waals surface area contributed by atoms with Gasteiger partial charge in [0.1, 0.15) is 5.82 Å². The topological polar surface area (TPSA) is 76.7 Å². The molecule has 0 unspecified atom stereocenters. The minimum atomic E-state index is -0.0880. The zero-order valence-corrected chi connectivity index (χ0v) is 12.0. The minimum absolute atomic E-state index is 0.0880. The van der Waals surface area contributed by atoms with E-state index in [4.69, 9.17) is 5.73 Å². The highest BCUT2D eigenvalue weighted by Crippen LogP contribution is 2.23. The summed E-state index contributed by atoms with van der Waals surface area (Å²) in [5, 5.41) is 0.907. The van der Waals surface area contributed by atoms with Crippen LogP contribution in [0.15, 0.2) is 48.7 Å². The first kappa shape index (κ1) is 12.6. The van der Waals surface area contributed by atoms with Gasteiger partial charge in [0.25, 0.3) is 5.91 Å². The zero-order valence-electron chi connectivity index (χ0n) is 12.0. The number of aromatic nitrogens is 3. The number of carbonyl (C=O) groups is 1. The lowest BCUT2D eigenvalue weighted by molar-refractivity contribution is 0.0964. The van der Waals surface area contributed by atoms with E-state index in [0.29, 0.717) is 17.1 Å². The largest absolute Gasteiger partial charge is 0.399 e. The van der Waals surface area contributed by atoms with Crippen LogP contribution in [0.1, 0.15) is 16.2 Å². The van der Waals surface area contributed by atoms with Crippen molar-refractivity contribution in [3.8, 4) is 0 Å². The number of anilines is 1. The van der Waals surface area contributed by atoms with E-state index in [1.54, 1.807) is 16.7 Å². The third-order valence-corrected chi connectivity index (χ3v) is 3.87. The van der Waals surface area contributed by atoms with Gasteiger partial charge in [0, 0.05) is 28.4 Å². The molecule has 2 heterocycles. The normalized spacial score (nSPS) is 11.3. The molecule has 5 nitrogen and oxygen atoms in total. The van der Waals surface area contributed by atoms with Crippen molar-refractivity contribution in [1.82, 2.24) is 14.5 Å². The van der Waals surface area contributed by atoms with Gasteiger partial charge in [-0.25, -0.2) is 4.98 Å². The Labute approximate surface area is 126 Å². The monoisotopic (exact) mass is 290 g/mol. The number of hydrogen-bond acceptors (Lipinski definition) is 3. The van der Waals surface area contributed by atoms with Gasteiger partial charge in [0.2, 0.25) is 0 Å². The van der Waals surface area contributed by atoms with E-state index in [0.717, 1.165) is 21.9 Å². The van der Waals surface area contributed by atoms with Crippen LogP contribution in [0, 0.1) is 6.92 Å². The molecule has 0 aliphatic rings. The summed E-state index contributed by atoms with van der Waals surface area (Å²) >= 11 is 0. The van der Waals surface area contributed by atoms with Gasteiger partial charge in [-0.1, -0.05) is 6.07 Å². The van der Waals surface area contributed by atoms with Crippen molar-refractivity contribution in [2.24, 2.45) is 0 Å². The number of fused-ring (bicyclic) bond motifs is 2. The van der Waals surface area contributed by atoms with Crippen LogP contribution < -0.4 is 5.73 Å². The second kappa shape index (κ2) is 4.46. The first-order chi connectivity index (χ1) is 10.6. The highest BCUT2D eigenvalue weighted by Gasteiger charge is 2.18. The van der Waals surface area contributed by atoms with E-state index in [9.17, 15) is 4.79 Å². The molecule has 0 spiro atoms. The second-order valence-corrected chi connectivity index (χ2v) is 5.29. The fourth-order valence-corrected chi connectivity index (χ4v) is 2.87. The van der Waals surface area contributed by atoms with Gasteiger partial charge >= 0.3 is 0 Å². The molecule has 0 radical (unpaired) electrons. The van der Waals surface area contributed by atoms with E-state index >= 15 is 0 Å². The molecule has 0 aliphatic heterocycles. The van der Waals surface area contributed by atoms with Crippen molar-refractivity contribution in [3.05, 3.63) is 60.0 Å². The average molecular weight is 290 g/mol. The number of hydrogen-bond donors (Lipinski definition) is 2. The van der Waals surface area contributed by atoms with Crippen LogP contribution in [-0.2, 0) is 0 Å². The number of nitrogen functional groups attached to an aromatic ring is 1. The van der Waals surface area contributed by atoms with Crippen molar-refractivity contribution < 1.29 is 4.79 Å². The highest BCUT2D eigenvalue weighted by atomic mass is 16.2. The Morgan fingerprint density at radius 2 is 2.09 bits per heavy atom. The molecule has 0 atom stereocenters. The molecule has 0 bridgehead atoms. The Hall–Kier alpha value is -3.08. The molecule has 5 heteroatoms. The molecular weight excluding hydrogens is 276 g/mol. The molecule has 0 fully saturated rings. The fraction of sp³-hybridized carbons (Fsp3) is 0.0588. The van der Waals surface area contributed by atoms with Crippen LogP contribution in [0.3, 0.4) is 0 Å². The number of benzene rings is 2. The van der Waals surface area contributed by atoms with Crippen LogP contribution >= 0.6 is 0 Å². The third kappa shape index (κ3) is 1.72. The summed E-state index contributed by atoms with van der Waals surface area (Å²) in [5.74, 6) is 0.563. The Morgan fingerprint density at radius 3 is 2.95 bits per heavy atom. The molecule has 0 saturated heterocycles. The predicted molar refractivity (Wildman–Crippen MR) is 86.9 cm³/mol. The highest BCUT2D eigenvalue weighted by molar-refractivity contribution is 6.10. The molecular formula is C17H14N4O. The lowest BCUT2D eigenvalue weighted by Gasteiger charge is -2.07. The van der Waals surface area contributed by atoms with Crippen LogP contribution in [-0.4, -0.2) is 20.4 Å². The number of H-pyrrole nitrogens is 1. The summed E-state index contributed by atoms with van der Waals surface area (Å²) in [6.07, 6.45) is 1.83. The Bertz CT molecular complexity index is 1030. The van der Waals surface area contributed by atoms with Crippen molar-refractivity contribution in [2.45, 2.75) is 6.92 Å². The Morgan fingerprint density at radius 1 is 1.23 bits per heavy atom. The predicted octanol–water partition coefficient (Wildman–Crippen LogP) is 3.10. The standard InChI is InChI=1S/C17H14N4O/c1-10-20-15-9-11(18)5-6-16(15)21(10)17(22)13-3-2-4-14-12(13)7-8-19-14/h2-9,19H,18H2,1H3. The van der Waals surface area contributed by atoms with Crippen molar-refractivity contribution in [2.75, 3.05) is 5.73 Å². The van der Waals surface area contributed by atoms with E-state index in [-0.39, 0.29) is 5.91 Å². The third-order valence-electron chi connectivity index (χ3n) is 3.87. The minimum Gasteiger partial charge on any atom is -0.399 e. The van der Waals surface area contributed by atoms with Gasteiger partial charge in [-0.15, -0.1) is 0 Å². The molecule has 2 aromatic heterocycles. The maximum Gasteiger partial charge on any atom is 0.264 e. The first-order valence-corrected chi connectivity index (χ1v) is 7.00. The zero-order chi connectivity index (χ0) is 15.3. The summed E-state index contributed by atoms with van der Waals surface area (Å²) in [4.78, 5) is 20.6. The van der Waals surface area contributed by atoms with E-state index in [1.807, 2.05) is 43.5 Å². The molecule has 0 aliphatic carbocycles. The molecule has 2 aromatic carbocycles. The molecule has 22 heavy (non-hydrogen) atoms. The Balaban J connectivity index is 1.97. The van der Waals surface area contributed by atoms with Crippen LogP contribution in [0.25, 0.3) is 21.9 Å². The second-order valence-electron chi connectivity index (χ2n) is 5.29. The van der Waals surface area contributed by atoms with Gasteiger partial charge < -0.3 is 10.7 Å². The number of nitrogens with one attached hydrogen (secondary N) is 1. The van der Waals surface area contributed by atoms with E-state index < -0.39 is 0 Å². The number of aromatic amines is 1. The number of nitrogens with two attached hydrogens (primary N) is 1. The van der Waals surface area contributed by atoms with Gasteiger partial charge in [0.05, 0.1) is 11.0 Å². The number of rotatable bonds is 1.